The van der Waals surface area contributed by atoms with Gasteiger partial charge in [-0.05, 0) is 66.6 Å². The predicted octanol–water partition coefficient (Wildman–Crippen LogP) is 6.42. The fourth-order valence-electron chi connectivity index (χ4n) is 3.61. The maximum absolute atomic E-state index is 13.3. The molecule has 0 saturated heterocycles. The molecule has 6 nitrogen and oxygen atoms in total. The van der Waals surface area contributed by atoms with E-state index in [1.807, 2.05) is 79.7 Å². The third-order valence-corrected chi connectivity index (χ3v) is 6.72. The third-order valence-electron chi connectivity index (χ3n) is 5.48. The van der Waals surface area contributed by atoms with Crippen LogP contribution in [0.5, 0.6) is 0 Å². The first kappa shape index (κ1) is 24.8. The van der Waals surface area contributed by atoms with Gasteiger partial charge in [0.15, 0.2) is 0 Å². The number of rotatable bonds is 8. The number of anilines is 2. The Morgan fingerprint density at radius 2 is 1.44 bits per heavy atom. The van der Waals surface area contributed by atoms with Gasteiger partial charge in [0.25, 0.3) is 5.91 Å². The summed E-state index contributed by atoms with van der Waals surface area (Å²) < 4.78 is 0. The summed E-state index contributed by atoms with van der Waals surface area (Å²) in [6.07, 6.45) is 0. The molecule has 0 aliphatic heterocycles. The van der Waals surface area contributed by atoms with E-state index in [4.69, 9.17) is 5.11 Å². The molecule has 0 bridgehead atoms. The molecule has 4 rings (SSSR count). The Hall–Kier alpha value is -4.36. The van der Waals surface area contributed by atoms with Crippen molar-refractivity contribution in [3.8, 4) is 0 Å². The van der Waals surface area contributed by atoms with Crippen molar-refractivity contribution in [2.45, 2.75) is 17.1 Å². The van der Waals surface area contributed by atoms with E-state index in [0.717, 1.165) is 16.0 Å². The highest BCUT2D eigenvalue weighted by Gasteiger charge is 2.22. The number of benzene rings is 4. The summed E-state index contributed by atoms with van der Waals surface area (Å²) in [5.41, 5.74) is 3.59. The molecule has 0 spiro atoms. The second-order valence-electron chi connectivity index (χ2n) is 8.08. The lowest BCUT2D eigenvalue weighted by molar-refractivity contribution is -0.115. The van der Waals surface area contributed by atoms with Crippen LogP contribution in [-0.2, 0) is 4.79 Å². The second-order valence-corrected chi connectivity index (χ2v) is 9.26. The first-order valence-electron chi connectivity index (χ1n) is 11.2. The lowest BCUT2D eigenvalue weighted by Crippen LogP contribution is -2.19. The predicted molar refractivity (Wildman–Crippen MR) is 143 cm³/mol. The van der Waals surface area contributed by atoms with Gasteiger partial charge in [-0.3, -0.25) is 9.59 Å². The highest BCUT2D eigenvalue weighted by Crippen LogP contribution is 2.37. The molecule has 1 atom stereocenters. The molecule has 4 aromatic rings. The van der Waals surface area contributed by atoms with E-state index in [2.05, 4.69) is 10.6 Å². The summed E-state index contributed by atoms with van der Waals surface area (Å²) in [5.74, 6) is -1.47. The quantitative estimate of drug-likeness (QED) is 0.245. The van der Waals surface area contributed by atoms with E-state index in [-0.39, 0.29) is 17.4 Å². The van der Waals surface area contributed by atoms with Crippen LogP contribution < -0.4 is 10.6 Å². The molecular formula is C29H24N2O4S. The van der Waals surface area contributed by atoms with Crippen LogP contribution in [0.15, 0.2) is 108 Å². The topological polar surface area (TPSA) is 95.5 Å². The highest BCUT2D eigenvalue weighted by molar-refractivity contribution is 8.00. The van der Waals surface area contributed by atoms with E-state index < -0.39 is 11.2 Å². The number of carboxylic acid groups (broad SMARTS) is 1. The molecule has 2 amide bonds. The number of hydrogen-bond donors (Lipinski definition) is 3. The van der Waals surface area contributed by atoms with E-state index >= 15 is 0 Å². The molecule has 7 heteroatoms. The van der Waals surface area contributed by atoms with Crippen molar-refractivity contribution < 1.29 is 19.5 Å². The number of aromatic carboxylic acids is 1. The van der Waals surface area contributed by atoms with E-state index in [9.17, 15) is 14.4 Å². The Morgan fingerprint density at radius 3 is 2.14 bits per heavy atom. The molecule has 0 aromatic heterocycles. The number of thioether (sulfide) groups is 1. The molecule has 0 saturated carbocycles. The van der Waals surface area contributed by atoms with Crippen molar-refractivity contribution in [2.75, 3.05) is 10.6 Å². The molecule has 0 fully saturated rings. The van der Waals surface area contributed by atoms with Gasteiger partial charge in [0, 0.05) is 21.8 Å². The fourth-order valence-corrected chi connectivity index (χ4v) is 4.70. The van der Waals surface area contributed by atoms with Gasteiger partial charge in [0.2, 0.25) is 5.91 Å². The Labute approximate surface area is 213 Å². The molecule has 0 aliphatic carbocycles. The lowest BCUT2D eigenvalue weighted by Gasteiger charge is -2.18. The monoisotopic (exact) mass is 496 g/mol. The Morgan fingerprint density at radius 1 is 0.750 bits per heavy atom. The van der Waals surface area contributed by atoms with Crippen molar-refractivity contribution in [1.29, 1.82) is 0 Å². The molecule has 3 N–H and O–H groups in total. The van der Waals surface area contributed by atoms with Crippen LogP contribution >= 0.6 is 11.8 Å². The zero-order chi connectivity index (χ0) is 25.5. The number of carbonyl (C=O) groups is 3. The highest BCUT2D eigenvalue weighted by atomic mass is 32.2. The molecule has 4 aromatic carbocycles. The van der Waals surface area contributed by atoms with E-state index in [1.165, 1.54) is 23.9 Å². The zero-order valence-corrected chi connectivity index (χ0v) is 20.3. The van der Waals surface area contributed by atoms with Gasteiger partial charge in [-0.2, -0.15) is 0 Å². The number of aryl methyl sites for hydroxylation is 1. The number of hydrogen-bond acceptors (Lipinski definition) is 4. The zero-order valence-electron chi connectivity index (χ0n) is 19.5. The van der Waals surface area contributed by atoms with Crippen LogP contribution in [0.4, 0.5) is 11.4 Å². The van der Waals surface area contributed by atoms with Gasteiger partial charge in [-0.1, -0.05) is 54.6 Å². The summed E-state index contributed by atoms with van der Waals surface area (Å²) in [6.45, 7) is 1.89. The molecule has 1 unspecified atom stereocenters. The van der Waals surface area contributed by atoms with Crippen LogP contribution in [0.3, 0.4) is 0 Å². The van der Waals surface area contributed by atoms with Gasteiger partial charge < -0.3 is 15.7 Å². The molecule has 0 heterocycles. The Bertz CT molecular complexity index is 1390. The maximum Gasteiger partial charge on any atom is 0.335 e. The summed E-state index contributed by atoms with van der Waals surface area (Å²) in [6, 6.07) is 30.2. The van der Waals surface area contributed by atoms with Crippen molar-refractivity contribution in [3.63, 3.8) is 0 Å². The number of nitrogens with one attached hydrogen (secondary N) is 2. The largest absolute Gasteiger partial charge is 0.478 e. The minimum atomic E-state index is -1.03. The van der Waals surface area contributed by atoms with E-state index in [0.29, 0.717) is 16.9 Å². The van der Waals surface area contributed by atoms with Crippen LogP contribution in [0.25, 0.3) is 0 Å². The molecule has 0 radical (unpaired) electrons. The van der Waals surface area contributed by atoms with Crippen LogP contribution in [0.2, 0.25) is 0 Å². The first-order valence-corrected chi connectivity index (χ1v) is 12.1. The SMILES string of the molecule is Cc1ccccc1C(=O)Nc1cccc(SC(C(=O)Nc2ccc(C(=O)O)cc2)c2ccccc2)c1. The van der Waals surface area contributed by atoms with Crippen molar-refractivity contribution >= 4 is 40.9 Å². The summed E-state index contributed by atoms with van der Waals surface area (Å²) in [5, 5.41) is 14.3. The molecule has 36 heavy (non-hydrogen) atoms. The second kappa shape index (κ2) is 11.4. The number of carboxylic acids is 1. The minimum absolute atomic E-state index is 0.145. The lowest BCUT2D eigenvalue weighted by atomic mass is 10.1. The van der Waals surface area contributed by atoms with Crippen LogP contribution in [0, 0.1) is 6.92 Å². The smallest absolute Gasteiger partial charge is 0.335 e. The third kappa shape index (κ3) is 6.20. The summed E-state index contributed by atoms with van der Waals surface area (Å²) in [4.78, 5) is 38.0. The summed E-state index contributed by atoms with van der Waals surface area (Å²) >= 11 is 1.36. The van der Waals surface area contributed by atoms with Crippen molar-refractivity contribution in [2.24, 2.45) is 0 Å². The van der Waals surface area contributed by atoms with Gasteiger partial charge in [0.05, 0.1) is 5.56 Å². The minimum Gasteiger partial charge on any atom is -0.478 e. The van der Waals surface area contributed by atoms with E-state index in [1.54, 1.807) is 18.2 Å². The first-order chi connectivity index (χ1) is 17.4. The average Bonchev–Trinajstić information content (AvgIpc) is 2.88. The molecule has 180 valence electrons. The van der Waals surface area contributed by atoms with Gasteiger partial charge in [-0.15, -0.1) is 11.8 Å². The van der Waals surface area contributed by atoms with Gasteiger partial charge in [-0.25, -0.2) is 4.79 Å². The average molecular weight is 497 g/mol. The van der Waals surface area contributed by atoms with Crippen molar-refractivity contribution in [1.82, 2.24) is 0 Å². The fraction of sp³-hybridized carbons (Fsp3) is 0.0690. The Balaban J connectivity index is 1.54. The summed E-state index contributed by atoms with van der Waals surface area (Å²) in [7, 11) is 0. The van der Waals surface area contributed by atoms with Gasteiger partial charge in [0.1, 0.15) is 5.25 Å². The normalized spacial score (nSPS) is 11.4. The molecule has 0 aliphatic rings. The van der Waals surface area contributed by atoms with Crippen LogP contribution in [-0.4, -0.2) is 22.9 Å². The van der Waals surface area contributed by atoms with Crippen molar-refractivity contribution in [3.05, 3.63) is 125 Å². The van der Waals surface area contributed by atoms with Crippen LogP contribution in [0.1, 0.15) is 37.1 Å². The number of carbonyl (C=O) groups excluding carboxylic acids is 2. The standard InChI is InChI=1S/C29H24N2O4S/c1-19-8-5-6-13-25(19)27(32)31-23-11-7-12-24(18-23)36-26(20-9-3-2-4-10-20)28(33)30-22-16-14-21(15-17-22)29(34)35/h2-18,26H,1H3,(H,30,33)(H,31,32)(H,34,35). The molecular weight excluding hydrogens is 472 g/mol. The van der Waals surface area contributed by atoms with Gasteiger partial charge >= 0.3 is 5.97 Å². The number of amides is 2. The maximum atomic E-state index is 13.3. The Kier molecular flexibility index (Phi) is 7.82.